The van der Waals surface area contributed by atoms with Crippen LogP contribution in [0.25, 0.3) is 0 Å². The van der Waals surface area contributed by atoms with Crippen LogP contribution >= 0.6 is 0 Å². The zero-order chi connectivity index (χ0) is 18.0. The SMILES string of the molecule is CC(=N[S+]([O-])C(C)(C)C)[C@H]1CCN(C(=O)OC(C)(C)C)C[C@H]1C. The van der Waals surface area contributed by atoms with Gasteiger partial charge in [0.25, 0.3) is 0 Å². The van der Waals surface area contributed by atoms with Crippen LogP contribution in [0, 0.1) is 11.8 Å². The normalized spacial score (nSPS) is 25.3. The third-order valence-corrected chi connectivity index (χ3v) is 5.35. The lowest BCUT2D eigenvalue weighted by atomic mass is 9.84. The number of carbonyl (C=O) groups is 1. The van der Waals surface area contributed by atoms with E-state index in [2.05, 4.69) is 11.3 Å². The van der Waals surface area contributed by atoms with Crippen molar-refractivity contribution in [1.82, 2.24) is 4.90 Å². The molecule has 0 aromatic heterocycles. The average Bonchev–Trinajstić information content (AvgIpc) is 2.34. The van der Waals surface area contributed by atoms with Gasteiger partial charge in [-0.15, -0.1) is 0 Å². The van der Waals surface area contributed by atoms with Crippen molar-refractivity contribution >= 4 is 23.2 Å². The van der Waals surface area contributed by atoms with Crippen LogP contribution in [0.15, 0.2) is 4.40 Å². The molecule has 6 heteroatoms. The molecule has 0 bridgehead atoms. The molecule has 5 nitrogen and oxygen atoms in total. The lowest BCUT2D eigenvalue weighted by Crippen LogP contribution is -2.46. The number of rotatable bonds is 2. The third kappa shape index (κ3) is 6.34. The molecule has 1 fully saturated rings. The Kier molecular flexibility index (Phi) is 6.55. The van der Waals surface area contributed by atoms with E-state index < -0.39 is 17.0 Å². The van der Waals surface area contributed by atoms with Crippen molar-refractivity contribution in [2.24, 2.45) is 16.2 Å². The van der Waals surface area contributed by atoms with Gasteiger partial charge in [0.2, 0.25) is 0 Å². The minimum absolute atomic E-state index is 0.254. The van der Waals surface area contributed by atoms with Crippen molar-refractivity contribution in [1.29, 1.82) is 0 Å². The Bertz CT molecular complexity index is 452. The van der Waals surface area contributed by atoms with Gasteiger partial charge < -0.3 is 14.2 Å². The Labute approximate surface area is 144 Å². The van der Waals surface area contributed by atoms with Gasteiger partial charge >= 0.3 is 6.09 Å². The summed E-state index contributed by atoms with van der Waals surface area (Å²) in [7, 11) is 0. The number of piperidine rings is 1. The summed E-state index contributed by atoms with van der Waals surface area (Å²) < 4.78 is 21.7. The van der Waals surface area contributed by atoms with Crippen LogP contribution in [0.3, 0.4) is 0 Å². The van der Waals surface area contributed by atoms with Gasteiger partial charge in [0.1, 0.15) is 21.7 Å². The molecular weight excluding hydrogens is 312 g/mol. The van der Waals surface area contributed by atoms with Gasteiger partial charge in [-0.2, -0.15) is 0 Å². The summed E-state index contributed by atoms with van der Waals surface area (Å²) >= 11 is -1.23. The van der Waals surface area contributed by atoms with Gasteiger partial charge in [-0.05, 0) is 60.8 Å². The molecule has 1 amide bonds. The Balaban J connectivity index is 2.69. The molecule has 1 aliphatic rings. The van der Waals surface area contributed by atoms with Gasteiger partial charge in [-0.3, -0.25) is 0 Å². The smallest absolute Gasteiger partial charge is 0.410 e. The van der Waals surface area contributed by atoms with Crippen LogP contribution in [0.2, 0.25) is 0 Å². The number of carbonyl (C=O) groups excluding carboxylic acids is 1. The predicted octanol–water partition coefficient (Wildman–Crippen LogP) is 3.80. The van der Waals surface area contributed by atoms with E-state index in [-0.39, 0.29) is 22.7 Å². The van der Waals surface area contributed by atoms with E-state index in [1.165, 1.54) is 0 Å². The molecule has 1 heterocycles. The Morgan fingerprint density at radius 3 is 2.26 bits per heavy atom. The monoisotopic (exact) mass is 344 g/mol. The van der Waals surface area contributed by atoms with Crippen LogP contribution in [0.1, 0.15) is 61.8 Å². The van der Waals surface area contributed by atoms with E-state index >= 15 is 0 Å². The molecule has 1 aliphatic heterocycles. The minimum Gasteiger partial charge on any atom is -0.591 e. The van der Waals surface area contributed by atoms with Gasteiger partial charge in [0.05, 0.1) is 5.71 Å². The predicted molar refractivity (Wildman–Crippen MR) is 96.1 cm³/mol. The molecule has 0 aromatic rings. The van der Waals surface area contributed by atoms with E-state index in [4.69, 9.17) is 4.74 Å². The summed E-state index contributed by atoms with van der Waals surface area (Å²) in [5.41, 5.74) is 0.451. The first-order chi connectivity index (χ1) is 10.3. The number of likely N-dealkylation sites (tertiary alicyclic amines) is 1. The minimum atomic E-state index is -1.23. The molecule has 0 aliphatic carbocycles. The van der Waals surface area contributed by atoms with E-state index in [9.17, 15) is 9.35 Å². The first kappa shape index (κ1) is 20.3. The first-order valence-electron chi connectivity index (χ1n) is 8.26. The van der Waals surface area contributed by atoms with Crippen molar-refractivity contribution in [3.05, 3.63) is 0 Å². The molecule has 0 N–H and O–H groups in total. The zero-order valence-corrected chi connectivity index (χ0v) is 16.6. The van der Waals surface area contributed by atoms with E-state index in [0.717, 1.165) is 12.1 Å². The second-order valence-electron chi connectivity index (χ2n) is 8.39. The summed E-state index contributed by atoms with van der Waals surface area (Å²) in [6, 6.07) is 0. The molecule has 3 atom stereocenters. The second kappa shape index (κ2) is 7.43. The molecule has 134 valence electrons. The van der Waals surface area contributed by atoms with Crippen molar-refractivity contribution in [3.63, 3.8) is 0 Å². The molecule has 0 radical (unpaired) electrons. The quantitative estimate of drug-likeness (QED) is 0.565. The molecule has 0 aromatic carbocycles. The molecule has 0 spiro atoms. The fourth-order valence-electron chi connectivity index (χ4n) is 2.59. The fraction of sp³-hybridized carbons (Fsp3) is 0.882. The number of ether oxygens (including phenoxy) is 1. The molecule has 1 saturated heterocycles. The lowest BCUT2D eigenvalue weighted by molar-refractivity contribution is 0.0149. The highest BCUT2D eigenvalue weighted by Gasteiger charge is 2.34. The first-order valence-corrected chi connectivity index (χ1v) is 9.37. The van der Waals surface area contributed by atoms with E-state index in [0.29, 0.717) is 13.1 Å². The Hall–Kier alpha value is -0.750. The topological polar surface area (TPSA) is 65.0 Å². The Morgan fingerprint density at radius 2 is 1.83 bits per heavy atom. The molecule has 0 saturated carbocycles. The van der Waals surface area contributed by atoms with Gasteiger partial charge in [0, 0.05) is 19.0 Å². The maximum absolute atomic E-state index is 12.2. The highest BCUT2D eigenvalue weighted by Crippen LogP contribution is 2.27. The number of hydrogen-bond donors (Lipinski definition) is 0. The van der Waals surface area contributed by atoms with Gasteiger partial charge in [0.15, 0.2) is 0 Å². The van der Waals surface area contributed by atoms with Crippen LogP contribution < -0.4 is 0 Å². The second-order valence-corrected chi connectivity index (χ2v) is 10.3. The molecule has 1 unspecified atom stereocenters. The van der Waals surface area contributed by atoms with Crippen molar-refractivity contribution in [3.8, 4) is 0 Å². The van der Waals surface area contributed by atoms with Crippen LogP contribution in [0.4, 0.5) is 4.79 Å². The number of hydrogen-bond acceptors (Lipinski definition) is 4. The van der Waals surface area contributed by atoms with E-state index in [1.54, 1.807) is 4.90 Å². The maximum Gasteiger partial charge on any atom is 0.410 e. The van der Waals surface area contributed by atoms with Gasteiger partial charge in [-0.1, -0.05) is 11.3 Å². The van der Waals surface area contributed by atoms with Crippen molar-refractivity contribution in [2.75, 3.05) is 13.1 Å². The highest BCUT2D eigenvalue weighted by atomic mass is 32.2. The summed E-state index contributed by atoms with van der Waals surface area (Å²) in [6.07, 6.45) is 0.576. The maximum atomic E-state index is 12.2. The Morgan fingerprint density at radius 1 is 1.26 bits per heavy atom. The van der Waals surface area contributed by atoms with E-state index in [1.807, 2.05) is 48.5 Å². The highest BCUT2D eigenvalue weighted by molar-refractivity contribution is 7.91. The third-order valence-electron chi connectivity index (χ3n) is 3.84. The lowest BCUT2D eigenvalue weighted by Gasteiger charge is -2.37. The largest absolute Gasteiger partial charge is 0.591 e. The standard InChI is InChI=1S/C17H32N2O3S/c1-12-11-19(15(20)22-16(3,4)5)10-9-14(12)13(2)18-23(21)17(6,7)8/h12,14H,9-11H2,1-8H3/t12-,14+,23?/m1/s1. The number of nitrogens with zero attached hydrogens (tertiary/aromatic N) is 2. The summed E-state index contributed by atoms with van der Waals surface area (Å²) in [4.78, 5) is 13.9. The van der Waals surface area contributed by atoms with Crippen molar-refractivity contribution in [2.45, 2.75) is 72.2 Å². The van der Waals surface area contributed by atoms with Gasteiger partial charge in [-0.25, -0.2) is 4.79 Å². The number of amides is 1. The summed E-state index contributed by atoms with van der Waals surface area (Å²) in [5.74, 6) is 0.539. The van der Waals surface area contributed by atoms with Crippen LogP contribution in [-0.4, -0.2) is 44.7 Å². The zero-order valence-electron chi connectivity index (χ0n) is 15.8. The van der Waals surface area contributed by atoms with Crippen LogP contribution in [0.5, 0.6) is 0 Å². The summed E-state index contributed by atoms with van der Waals surface area (Å²) in [6.45, 7) is 16.8. The average molecular weight is 345 g/mol. The summed E-state index contributed by atoms with van der Waals surface area (Å²) in [5, 5.41) is 0. The molecular formula is C17H32N2O3S. The molecule has 23 heavy (non-hydrogen) atoms. The van der Waals surface area contributed by atoms with Crippen LogP contribution in [-0.2, 0) is 16.1 Å². The van der Waals surface area contributed by atoms with Crippen molar-refractivity contribution < 1.29 is 14.1 Å². The fourth-order valence-corrected chi connectivity index (χ4v) is 3.26. The molecule has 1 rings (SSSR count).